The summed E-state index contributed by atoms with van der Waals surface area (Å²) in [5, 5.41) is 8.38. The molecule has 0 fully saturated rings. The quantitative estimate of drug-likeness (QED) is 0.704. The number of rotatable bonds is 3. The summed E-state index contributed by atoms with van der Waals surface area (Å²) in [5.74, 6) is 0.866. The minimum atomic E-state index is 0.668. The maximum Gasteiger partial charge on any atom is 0.119 e. The first-order chi connectivity index (χ1) is 9.29. The van der Waals surface area contributed by atoms with Crippen LogP contribution in [0.15, 0.2) is 42.5 Å². The molecule has 0 radical (unpaired) electrons. The summed E-state index contributed by atoms with van der Waals surface area (Å²) in [6, 6.07) is 13.7. The third-order valence-corrected chi connectivity index (χ3v) is 3.07. The molecular formula is C15H15N3O. The van der Waals surface area contributed by atoms with E-state index in [9.17, 15) is 0 Å². The first kappa shape index (κ1) is 11.6. The zero-order valence-corrected chi connectivity index (χ0v) is 10.7. The molecule has 0 saturated carbocycles. The lowest BCUT2D eigenvalue weighted by Gasteiger charge is -2.03. The molecule has 0 amide bonds. The summed E-state index contributed by atoms with van der Waals surface area (Å²) in [7, 11) is 0. The molecule has 19 heavy (non-hydrogen) atoms. The van der Waals surface area contributed by atoms with E-state index in [1.165, 1.54) is 0 Å². The highest BCUT2D eigenvalue weighted by atomic mass is 16.5. The molecule has 0 saturated heterocycles. The lowest BCUT2D eigenvalue weighted by atomic mass is 10.1. The van der Waals surface area contributed by atoms with E-state index in [2.05, 4.69) is 10.2 Å². The number of para-hydroxylation sites is 1. The van der Waals surface area contributed by atoms with Crippen LogP contribution in [-0.2, 0) is 0 Å². The van der Waals surface area contributed by atoms with E-state index in [1.54, 1.807) is 0 Å². The molecule has 3 aromatic rings. The summed E-state index contributed by atoms with van der Waals surface area (Å²) >= 11 is 0. The molecule has 0 bridgehead atoms. The molecule has 0 unspecified atom stereocenters. The van der Waals surface area contributed by atoms with Crippen LogP contribution in [0, 0.1) is 0 Å². The Kier molecular flexibility index (Phi) is 2.83. The van der Waals surface area contributed by atoms with Gasteiger partial charge in [0, 0.05) is 10.9 Å². The summed E-state index contributed by atoms with van der Waals surface area (Å²) in [6.45, 7) is 2.64. The number of nitrogens with one attached hydrogen (secondary N) is 1. The third-order valence-electron chi connectivity index (χ3n) is 3.07. The second-order valence-electron chi connectivity index (χ2n) is 4.30. The van der Waals surface area contributed by atoms with Crippen LogP contribution in [0.1, 0.15) is 6.92 Å². The lowest BCUT2D eigenvalue weighted by Crippen LogP contribution is -1.90. The number of fused-ring (bicyclic) bond motifs is 1. The van der Waals surface area contributed by atoms with E-state index in [0.29, 0.717) is 12.3 Å². The number of ether oxygens (including phenoxy) is 1. The minimum Gasteiger partial charge on any atom is -0.494 e. The smallest absolute Gasteiger partial charge is 0.119 e. The number of anilines is 1. The first-order valence-corrected chi connectivity index (χ1v) is 6.25. The van der Waals surface area contributed by atoms with E-state index in [-0.39, 0.29) is 0 Å². The highest BCUT2D eigenvalue weighted by molar-refractivity contribution is 5.98. The average molecular weight is 253 g/mol. The number of aromatic amines is 1. The van der Waals surface area contributed by atoms with Crippen LogP contribution >= 0.6 is 0 Å². The predicted molar refractivity (Wildman–Crippen MR) is 77.1 cm³/mol. The topological polar surface area (TPSA) is 63.9 Å². The second kappa shape index (κ2) is 4.65. The standard InChI is InChI=1S/C15H15N3O/c1-2-19-11-8-6-10(7-9-11)14-12-4-3-5-13(16)15(12)18-17-14/h3-9H,2,16H2,1H3,(H,17,18). The first-order valence-electron chi connectivity index (χ1n) is 6.25. The molecule has 0 aliphatic heterocycles. The summed E-state index contributed by atoms with van der Waals surface area (Å²) in [5.41, 5.74) is 9.46. The van der Waals surface area contributed by atoms with Gasteiger partial charge in [-0.25, -0.2) is 0 Å². The highest BCUT2D eigenvalue weighted by Crippen LogP contribution is 2.29. The van der Waals surface area contributed by atoms with Crippen LogP contribution in [0.4, 0.5) is 5.69 Å². The Morgan fingerprint density at radius 3 is 2.68 bits per heavy atom. The van der Waals surface area contributed by atoms with Crippen molar-refractivity contribution in [3.05, 3.63) is 42.5 Å². The molecule has 2 aromatic carbocycles. The predicted octanol–water partition coefficient (Wildman–Crippen LogP) is 3.21. The van der Waals surface area contributed by atoms with Gasteiger partial charge in [-0.1, -0.05) is 12.1 Å². The Balaban J connectivity index is 2.06. The fourth-order valence-corrected chi connectivity index (χ4v) is 2.16. The average Bonchev–Trinajstić information content (AvgIpc) is 2.85. The van der Waals surface area contributed by atoms with Crippen molar-refractivity contribution in [3.63, 3.8) is 0 Å². The van der Waals surface area contributed by atoms with Crippen molar-refractivity contribution in [2.24, 2.45) is 0 Å². The number of benzene rings is 2. The van der Waals surface area contributed by atoms with Gasteiger partial charge in [-0.05, 0) is 37.3 Å². The molecular weight excluding hydrogens is 238 g/mol. The molecule has 4 heteroatoms. The van der Waals surface area contributed by atoms with Crippen molar-refractivity contribution in [1.29, 1.82) is 0 Å². The maximum atomic E-state index is 5.92. The van der Waals surface area contributed by atoms with Gasteiger partial charge in [0.25, 0.3) is 0 Å². The van der Waals surface area contributed by atoms with Crippen molar-refractivity contribution in [3.8, 4) is 17.0 Å². The Bertz CT molecular complexity index is 701. The summed E-state index contributed by atoms with van der Waals surface area (Å²) in [6.07, 6.45) is 0. The molecule has 3 N–H and O–H groups in total. The van der Waals surface area contributed by atoms with Gasteiger partial charge in [-0.3, -0.25) is 5.10 Å². The van der Waals surface area contributed by atoms with Crippen LogP contribution in [0.3, 0.4) is 0 Å². The van der Waals surface area contributed by atoms with Gasteiger partial charge in [0.05, 0.1) is 23.5 Å². The number of aromatic nitrogens is 2. The van der Waals surface area contributed by atoms with Crippen LogP contribution in [0.25, 0.3) is 22.2 Å². The normalized spacial score (nSPS) is 10.8. The van der Waals surface area contributed by atoms with Crippen molar-refractivity contribution in [1.82, 2.24) is 10.2 Å². The molecule has 4 nitrogen and oxygen atoms in total. The fraction of sp³-hybridized carbons (Fsp3) is 0.133. The van der Waals surface area contributed by atoms with Crippen LogP contribution in [-0.4, -0.2) is 16.8 Å². The zero-order chi connectivity index (χ0) is 13.2. The van der Waals surface area contributed by atoms with Gasteiger partial charge in [0.15, 0.2) is 0 Å². The Labute approximate surface area is 111 Å². The Hall–Kier alpha value is -2.49. The molecule has 96 valence electrons. The maximum absolute atomic E-state index is 5.92. The second-order valence-corrected chi connectivity index (χ2v) is 4.30. The van der Waals surface area contributed by atoms with E-state index in [4.69, 9.17) is 10.5 Å². The molecule has 0 aliphatic rings. The SMILES string of the molecule is CCOc1ccc(-c2n[nH]c3c(N)cccc23)cc1. The lowest BCUT2D eigenvalue weighted by molar-refractivity contribution is 0.340. The number of nitrogens with two attached hydrogens (primary N) is 1. The largest absolute Gasteiger partial charge is 0.494 e. The number of hydrogen-bond donors (Lipinski definition) is 2. The molecule has 1 heterocycles. The van der Waals surface area contributed by atoms with Crippen LogP contribution in [0.2, 0.25) is 0 Å². The van der Waals surface area contributed by atoms with E-state index in [0.717, 1.165) is 27.9 Å². The summed E-state index contributed by atoms with van der Waals surface area (Å²) < 4.78 is 5.44. The molecule has 3 rings (SSSR count). The monoisotopic (exact) mass is 253 g/mol. The van der Waals surface area contributed by atoms with Crippen LogP contribution in [0.5, 0.6) is 5.75 Å². The van der Waals surface area contributed by atoms with Gasteiger partial charge in [-0.2, -0.15) is 5.10 Å². The number of nitrogen functional groups attached to an aromatic ring is 1. The van der Waals surface area contributed by atoms with Crippen LogP contribution < -0.4 is 10.5 Å². The van der Waals surface area contributed by atoms with Crippen molar-refractivity contribution in [2.45, 2.75) is 6.92 Å². The molecule has 1 aromatic heterocycles. The van der Waals surface area contributed by atoms with Gasteiger partial charge >= 0.3 is 0 Å². The molecule has 0 spiro atoms. The summed E-state index contributed by atoms with van der Waals surface area (Å²) in [4.78, 5) is 0. The minimum absolute atomic E-state index is 0.668. The van der Waals surface area contributed by atoms with E-state index in [1.807, 2.05) is 49.4 Å². The Morgan fingerprint density at radius 1 is 1.16 bits per heavy atom. The van der Waals surface area contributed by atoms with Crippen molar-refractivity contribution in [2.75, 3.05) is 12.3 Å². The van der Waals surface area contributed by atoms with Gasteiger partial charge in [0.1, 0.15) is 5.75 Å². The van der Waals surface area contributed by atoms with Gasteiger partial charge in [0.2, 0.25) is 0 Å². The molecule has 0 aliphatic carbocycles. The van der Waals surface area contributed by atoms with Crippen molar-refractivity contribution < 1.29 is 4.74 Å². The number of H-pyrrole nitrogens is 1. The van der Waals surface area contributed by atoms with Gasteiger partial charge < -0.3 is 10.5 Å². The Morgan fingerprint density at radius 2 is 1.95 bits per heavy atom. The number of hydrogen-bond acceptors (Lipinski definition) is 3. The fourth-order valence-electron chi connectivity index (χ4n) is 2.16. The van der Waals surface area contributed by atoms with E-state index >= 15 is 0 Å². The molecule has 0 atom stereocenters. The highest BCUT2D eigenvalue weighted by Gasteiger charge is 2.09. The zero-order valence-electron chi connectivity index (χ0n) is 10.7. The van der Waals surface area contributed by atoms with Gasteiger partial charge in [-0.15, -0.1) is 0 Å². The third kappa shape index (κ3) is 2.01. The van der Waals surface area contributed by atoms with E-state index < -0.39 is 0 Å². The number of nitrogens with zero attached hydrogens (tertiary/aromatic N) is 1. The van der Waals surface area contributed by atoms with Crippen molar-refractivity contribution >= 4 is 16.6 Å².